The van der Waals surface area contributed by atoms with Gasteiger partial charge in [0.1, 0.15) is 0 Å². The third-order valence-electron chi connectivity index (χ3n) is 2.35. The van der Waals surface area contributed by atoms with E-state index >= 15 is 0 Å². The molecule has 0 aliphatic rings. The molecule has 0 unspecified atom stereocenters. The maximum absolute atomic E-state index is 4.93. The molecule has 0 atom stereocenters. The monoisotopic (exact) mass is 208 g/mol. The average molecular weight is 208 g/mol. The molecule has 0 N–H and O–H groups in total. The molecule has 84 valence electrons. The summed E-state index contributed by atoms with van der Waals surface area (Å²) < 4.78 is 6.99. The van der Waals surface area contributed by atoms with Crippen molar-refractivity contribution in [2.45, 2.75) is 40.2 Å². The molecule has 15 heavy (non-hydrogen) atoms. The number of methoxy groups -OCH3 is 1. The van der Waals surface area contributed by atoms with Crippen LogP contribution in [-0.4, -0.2) is 16.9 Å². The zero-order chi connectivity index (χ0) is 11.6. The summed E-state index contributed by atoms with van der Waals surface area (Å²) in [5, 5.41) is 4.54. The first kappa shape index (κ1) is 11.8. The van der Waals surface area contributed by atoms with E-state index in [2.05, 4.69) is 37.5 Å². The van der Waals surface area contributed by atoms with Crippen LogP contribution in [0.4, 0.5) is 0 Å². The second kappa shape index (κ2) is 4.09. The number of hydrogen-bond acceptors (Lipinski definition) is 2. The molecule has 0 saturated carbocycles. The van der Waals surface area contributed by atoms with Crippen LogP contribution in [0.5, 0.6) is 0 Å². The predicted octanol–water partition coefficient (Wildman–Crippen LogP) is 2.87. The fourth-order valence-corrected chi connectivity index (χ4v) is 1.69. The van der Waals surface area contributed by atoms with Crippen LogP contribution in [0.15, 0.2) is 6.26 Å². The number of aryl methyl sites for hydroxylation is 1. The van der Waals surface area contributed by atoms with Crippen molar-refractivity contribution in [2.75, 3.05) is 7.11 Å². The predicted molar refractivity (Wildman–Crippen MR) is 62.7 cm³/mol. The highest BCUT2D eigenvalue weighted by Gasteiger charge is 2.19. The molecule has 0 aromatic carbocycles. The number of aromatic nitrogens is 2. The maximum atomic E-state index is 4.93. The summed E-state index contributed by atoms with van der Waals surface area (Å²) in [6, 6.07) is 0. The van der Waals surface area contributed by atoms with E-state index in [0.29, 0.717) is 0 Å². The Morgan fingerprint density at radius 1 is 1.27 bits per heavy atom. The lowest BCUT2D eigenvalue weighted by Crippen LogP contribution is -2.24. The summed E-state index contributed by atoms with van der Waals surface area (Å²) in [6.07, 6.45) is 3.64. The second-order valence-corrected chi connectivity index (χ2v) is 4.71. The molecule has 0 aliphatic carbocycles. The first-order valence-electron chi connectivity index (χ1n) is 5.14. The van der Waals surface area contributed by atoms with Crippen molar-refractivity contribution in [2.24, 2.45) is 0 Å². The largest absolute Gasteiger partial charge is 0.504 e. The van der Waals surface area contributed by atoms with Crippen molar-refractivity contribution in [3.8, 4) is 0 Å². The van der Waals surface area contributed by atoms with Crippen molar-refractivity contribution in [1.29, 1.82) is 0 Å². The molecular formula is C12H20N2O. The van der Waals surface area contributed by atoms with Crippen molar-refractivity contribution in [3.05, 3.63) is 23.2 Å². The Bertz CT molecular complexity index is 370. The van der Waals surface area contributed by atoms with Crippen LogP contribution < -0.4 is 0 Å². The summed E-state index contributed by atoms with van der Waals surface area (Å²) in [5.41, 5.74) is 3.38. The van der Waals surface area contributed by atoms with E-state index in [1.165, 1.54) is 5.69 Å². The minimum atomic E-state index is 0.0218. The molecule has 0 amide bonds. The Hall–Kier alpha value is -1.25. The molecule has 0 fully saturated rings. The smallest absolute Gasteiger partial charge is 0.0831 e. The van der Waals surface area contributed by atoms with Gasteiger partial charge in [0.15, 0.2) is 0 Å². The molecule has 0 radical (unpaired) electrons. The third kappa shape index (κ3) is 2.41. The highest BCUT2D eigenvalue weighted by molar-refractivity contribution is 5.53. The number of ether oxygens (including phenoxy) is 1. The van der Waals surface area contributed by atoms with E-state index in [1.54, 1.807) is 13.4 Å². The Morgan fingerprint density at radius 2 is 1.87 bits per heavy atom. The van der Waals surface area contributed by atoms with Gasteiger partial charge in [0.05, 0.1) is 24.6 Å². The Labute approximate surface area is 91.7 Å². The molecule has 0 spiro atoms. The van der Waals surface area contributed by atoms with E-state index in [1.807, 2.05) is 13.0 Å². The Kier molecular flexibility index (Phi) is 3.22. The Balaban J connectivity index is 3.21. The average Bonchev–Trinajstić information content (AvgIpc) is 2.39. The molecule has 1 rings (SSSR count). The number of hydrogen-bond donors (Lipinski definition) is 0. The molecule has 0 bridgehead atoms. The van der Waals surface area contributed by atoms with E-state index in [0.717, 1.165) is 11.3 Å². The van der Waals surface area contributed by atoms with Crippen LogP contribution in [0, 0.1) is 13.8 Å². The van der Waals surface area contributed by atoms with Gasteiger partial charge in [-0.05, 0) is 40.7 Å². The molecule has 1 aromatic heterocycles. The normalized spacial score (nSPS) is 12.4. The Morgan fingerprint density at radius 3 is 2.27 bits per heavy atom. The van der Waals surface area contributed by atoms with Crippen LogP contribution in [0.25, 0.3) is 6.08 Å². The SMILES string of the molecule is CO/C=C/c1c(C)nn(C(C)(C)C)c1C. The van der Waals surface area contributed by atoms with Crippen LogP contribution in [0.2, 0.25) is 0 Å². The van der Waals surface area contributed by atoms with Crippen molar-refractivity contribution in [1.82, 2.24) is 9.78 Å². The topological polar surface area (TPSA) is 27.1 Å². The standard InChI is InChI=1S/C12H20N2O/c1-9-11(7-8-15-6)10(2)14(13-9)12(3,4)5/h7-8H,1-6H3/b8-7+. The lowest BCUT2D eigenvalue weighted by Gasteiger charge is -2.21. The highest BCUT2D eigenvalue weighted by atomic mass is 16.5. The second-order valence-electron chi connectivity index (χ2n) is 4.71. The lowest BCUT2D eigenvalue weighted by molar-refractivity contribution is 0.341. The van der Waals surface area contributed by atoms with Crippen LogP contribution in [0.3, 0.4) is 0 Å². The van der Waals surface area contributed by atoms with E-state index < -0.39 is 0 Å². The van der Waals surface area contributed by atoms with Gasteiger partial charge in [0.2, 0.25) is 0 Å². The first-order chi connectivity index (χ1) is 6.88. The van der Waals surface area contributed by atoms with Gasteiger partial charge < -0.3 is 4.74 Å². The van der Waals surface area contributed by atoms with Crippen molar-refractivity contribution in [3.63, 3.8) is 0 Å². The summed E-state index contributed by atoms with van der Waals surface area (Å²) in [6.45, 7) is 10.5. The minimum Gasteiger partial charge on any atom is -0.504 e. The zero-order valence-electron chi connectivity index (χ0n) is 10.5. The van der Waals surface area contributed by atoms with Crippen LogP contribution >= 0.6 is 0 Å². The fourth-order valence-electron chi connectivity index (χ4n) is 1.69. The van der Waals surface area contributed by atoms with Crippen molar-refractivity contribution >= 4 is 6.08 Å². The van der Waals surface area contributed by atoms with Gasteiger partial charge in [-0.3, -0.25) is 4.68 Å². The molecule has 1 heterocycles. The van der Waals surface area contributed by atoms with E-state index in [4.69, 9.17) is 4.74 Å². The molecule has 1 aromatic rings. The summed E-state index contributed by atoms with van der Waals surface area (Å²) in [7, 11) is 1.65. The lowest BCUT2D eigenvalue weighted by atomic mass is 10.1. The minimum absolute atomic E-state index is 0.0218. The quantitative estimate of drug-likeness (QED) is 0.699. The molecular weight excluding hydrogens is 188 g/mol. The van der Waals surface area contributed by atoms with Crippen LogP contribution in [0.1, 0.15) is 37.7 Å². The van der Waals surface area contributed by atoms with Crippen LogP contribution in [-0.2, 0) is 10.3 Å². The van der Waals surface area contributed by atoms with Gasteiger partial charge in [-0.2, -0.15) is 5.10 Å². The zero-order valence-corrected chi connectivity index (χ0v) is 10.5. The number of nitrogens with zero attached hydrogens (tertiary/aromatic N) is 2. The van der Waals surface area contributed by atoms with Crippen molar-refractivity contribution < 1.29 is 4.74 Å². The van der Waals surface area contributed by atoms with Gasteiger partial charge in [-0.25, -0.2) is 0 Å². The van der Waals surface area contributed by atoms with Gasteiger partial charge in [0, 0.05) is 11.3 Å². The third-order valence-corrected chi connectivity index (χ3v) is 2.35. The summed E-state index contributed by atoms with van der Waals surface area (Å²) >= 11 is 0. The van der Waals surface area contributed by atoms with Gasteiger partial charge in [-0.15, -0.1) is 0 Å². The fraction of sp³-hybridized carbons (Fsp3) is 0.583. The van der Waals surface area contributed by atoms with Gasteiger partial charge in [-0.1, -0.05) is 0 Å². The molecule has 0 aliphatic heterocycles. The van der Waals surface area contributed by atoms with Gasteiger partial charge in [0.25, 0.3) is 0 Å². The maximum Gasteiger partial charge on any atom is 0.0831 e. The van der Waals surface area contributed by atoms with E-state index in [-0.39, 0.29) is 5.54 Å². The molecule has 0 saturated heterocycles. The molecule has 3 heteroatoms. The first-order valence-corrected chi connectivity index (χ1v) is 5.14. The van der Waals surface area contributed by atoms with Gasteiger partial charge >= 0.3 is 0 Å². The summed E-state index contributed by atoms with van der Waals surface area (Å²) in [4.78, 5) is 0. The number of rotatable bonds is 2. The summed E-state index contributed by atoms with van der Waals surface area (Å²) in [5.74, 6) is 0. The highest BCUT2D eigenvalue weighted by Crippen LogP contribution is 2.22. The van der Waals surface area contributed by atoms with E-state index in [9.17, 15) is 0 Å². The molecule has 3 nitrogen and oxygen atoms in total.